The molecule has 66 valence electrons. The summed E-state index contributed by atoms with van der Waals surface area (Å²) in [6, 6.07) is 0. The minimum Gasteiger partial charge on any atom is -0.481 e. The Morgan fingerprint density at radius 1 is 1.83 bits per heavy atom. The number of hydrogen-bond donors (Lipinski definition) is 1. The largest absolute Gasteiger partial charge is 0.481 e. The molecule has 0 spiro atoms. The van der Waals surface area contributed by atoms with Crippen LogP contribution in [0, 0.1) is 11.8 Å². The fourth-order valence-electron chi connectivity index (χ4n) is 2.24. The lowest BCUT2D eigenvalue weighted by molar-refractivity contribution is -0.143. The van der Waals surface area contributed by atoms with Gasteiger partial charge in [0.2, 0.25) is 0 Å². The first-order valence-corrected chi connectivity index (χ1v) is 4.03. The Morgan fingerprint density at radius 3 is 2.83 bits per heavy atom. The van der Waals surface area contributed by atoms with Gasteiger partial charge in [-0.15, -0.1) is 0 Å². The summed E-state index contributed by atoms with van der Waals surface area (Å²) >= 11 is 0. The van der Waals surface area contributed by atoms with E-state index in [4.69, 9.17) is 9.84 Å². The van der Waals surface area contributed by atoms with E-state index in [0.717, 1.165) is 0 Å². The molecular formula is C8H10O4. The van der Waals surface area contributed by atoms with E-state index >= 15 is 0 Å². The monoisotopic (exact) mass is 170 g/mol. The summed E-state index contributed by atoms with van der Waals surface area (Å²) < 4.78 is 5.22. The Labute approximate surface area is 69.5 Å². The molecule has 0 aromatic rings. The third-order valence-electron chi connectivity index (χ3n) is 2.93. The standard InChI is InChI=1S/C8H10O4/c1-2-8-5(4(9)3-12-8)6(8)7(10)11/h5-6H,2-3H2,1H3,(H,10,11). The number of carbonyl (C=O) groups is 2. The molecule has 1 saturated heterocycles. The number of Topliss-reactive ketones (excluding diaryl/α,β-unsaturated/α-hetero) is 1. The highest BCUT2D eigenvalue weighted by Gasteiger charge is 2.75. The maximum absolute atomic E-state index is 11.1. The summed E-state index contributed by atoms with van der Waals surface area (Å²) in [5.74, 6) is -1.90. The average molecular weight is 170 g/mol. The second-order valence-electron chi connectivity index (χ2n) is 3.36. The Kier molecular flexibility index (Phi) is 1.33. The van der Waals surface area contributed by atoms with Gasteiger partial charge in [-0.25, -0.2) is 0 Å². The molecule has 0 bridgehead atoms. The van der Waals surface area contributed by atoms with Gasteiger partial charge in [-0.1, -0.05) is 6.92 Å². The van der Waals surface area contributed by atoms with Crippen molar-refractivity contribution in [2.45, 2.75) is 18.9 Å². The van der Waals surface area contributed by atoms with Crippen molar-refractivity contribution >= 4 is 11.8 Å². The third-order valence-corrected chi connectivity index (χ3v) is 2.93. The average Bonchev–Trinajstić information content (AvgIpc) is 2.61. The minimum absolute atomic E-state index is 0.0516. The van der Waals surface area contributed by atoms with Crippen LogP contribution in [-0.4, -0.2) is 29.1 Å². The van der Waals surface area contributed by atoms with Gasteiger partial charge in [-0.2, -0.15) is 0 Å². The first-order valence-electron chi connectivity index (χ1n) is 4.03. The topological polar surface area (TPSA) is 63.6 Å². The van der Waals surface area contributed by atoms with Crippen LogP contribution in [0.4, 0.5) is 0 Å². The van der Waals surface area contributed by atoms with Crippen molar-refractivity contribution in [2.75, 3.05) is 6.61 Å². The minimum atomic E-state index is -0.908. The van der Waals surface area contributed by atoms with Gasteiger partial charge in [-0.05, 0) is 6.42 Å². The predicted octanol–water partition coefficient (Wildman–Crippen LogP) is 0.0651. The summed E-state index contributed by atoms with van der Waals surface area (Å²) in [5, 5.41) is 8.74. The number of ketones is 1. The highest BCUT2D eigenvalue weighted by Crippen LogP contribution is 2.59. The number of ether oxygens (including phenoxy) is 1. The van der Waals surface area contributed by atoms with E-state index in [2.05, 4.69) is 0 Å². The molecule has 4 nitrogen and oxygen atoms in total. The predicted molar refractivity (Wildman–Crippen MR) is 38.6 cm³/mol. The van der Waals surface area contributed by atoms with Crippen molar-refractivity contribution in [3.8, 4) is 0 Å². The van der Waals surface area contributed by atoms with E-state index in [1.54, 1.807) is 0 Å². The van der Waals surface area contributed by atoms with Gasteiger partial charge in [0.25, 0.3) is 0 Å². The summed E-state index contributed by atoms with van der Waals surface area (Å²) in [4.78, 5) is 21.8. The van der Waals surface area contributed by atoms with Gasteiger partial charge in [0.05, 0.1) is 17.4 Å². The number of aliphatic carboxylic acids is 1. The summed E-state index contributed by atoms with van der Waals surface area (Å²) in [5.41, 5.74) is -0.636. The Morgan fingerprint density at radius 2 is 2.50 bits per heavy atom. The number of hydrogen-bond acceptors (Lipinski definition) is 3. The summed E-state index contributed by atoms with van der Waals surface area (Å²) in [7, 11) is 0. The van der Waals surface area contributed by atoms with Crippen molar-refractivity contribution in [3.05, 3.63) is 0 Å². The Balaban J connectivity index is 2.25. The van der Waals surface area contributed by atoms with Gasteiger partial charge in [-0.3, -0.25) is 9.59 Å². The van der Waals surface area contributed by atoms with Gasteiger partial charge in [0.15, 0.2) is 5.78 Å². The van der Waals surface area contributed by atoms with Crippen molar-refractivity contribution < 1.29 is 19.4 Å². The molecule has 4 heteroatoms. The smallest absolute Gasteiger partial charge is 0.310 e. The molecule has 0 aromatic carbocycles. The van der Waals surface area contributed by atoms with Crippen LogP contribution in [0.5, 0.6) is 0 Å². The molecule has 12 heavy (non-hydrogen) atoms. The summed E-state index contributed by atoms with van der Waals surface area (Å²) in [6.07, 6.45) is 0.611. The molecule has 1 N–H and O–H groups in total. The lowest BCUT2D eigenvalue weighted by Crippen LogP contribution is -2.20. The zero-order valence-corrected chi connectivity index (χ0v) is 6.74. The highest BCUT2D eigenvalue weighted by atomic mass is 16.5. The second kappa shape index (κ2) is 2.07. The van der Waals surface area contributed by atoms with E-state index in [-0.39, 0.29) is 18.3 Å². The van der Waals surface area contributed by atoms with Gasteiger partial charge < -0.3 is 9.84 Å². The number of rotatable bonds is 2. The first kappa shape index (κ1) is 7.73. The number of carboxylic acids is 1. The van der Waals surface area contributed by atoms with Gasteiger partial charge in [0.1, 0.15) is 6.61 Å². The third kappa shape index (κ3) is 0.659. The molecule has 1 saturated carbocycles. The fourth-order valence-corrected chi connectivity index (χ4v) is 2.24. The molecule has 3 unspecified atom stereocenters. The van der Waals surface area contributed by atoms with Gasteiger partial charge in [0, 0.05) is 0 Å². The van der Waals surface area contributed by atoms with Crippen molar-refractivity contribution in [1.82, 2.24) is 0 Å². The molecule has 0 aromatic heterocycles. The molecule has 1 heterocycles. The van der Waals surface area contributed by atoms with Crippen molar-refractivity contribution in [1.29, 1.82) is 0 Å². The number of carboxylic acid groups (broad SMARTS) is 1. The zero-order chi connectivity index (χ0) is 8.93. The van der Waals surface area contributed by atoms with Crippen LogP contribution >= 0.6 is 0 Å². The molecule has 2 aliphatic rings. The van der Waals surface area contributed by atoms with E-state index in [1.165, 1.54) is 0 Å². The summed E-state index contributed by atoms with van der Waals surface area (Å²) in [6.45, 7) is 1.96. The Hall–Kier alpha value is -0.900. The molecule has 2 fully saturated rings. The van der Waals surface area contributed by atoms with Crippen LogP contribution in [-0.2, 0) is 14.3 Å². The molecule has 3 atom stereocenters. The Bertz CT molecular complexity index is 254. The van der Waals surface area contributed by atoms with E-state index in [9.17, 15) is 9.59 Å². The molecule has 1 aliphatic heterocycles. The van der Waals surface area contributed by atoms with Crippen LogP contribution in [0.3, 0.4) is 0 Å². The highest BCUT2D eigenvalue weighted by molar-refractivity contribution is 5.97. The van der Waals surface area contributed by atoms with E-state index in [1.807, 2.05) is 6.92 Å². The first-order chi connectivity index (χ1) is 5.63. The molecule has 2 rings (SSSR count). The molecule has 0 radical (unpaired) electrons. The van der Waals surface area contributed by atoms with Crippen LogP contribution in [0.15, 0.2) is 0 Å². The van der Waals surface area contributed by atoms with Crippen LogP contribution in [0.2, 0.25) is 0 Å². The quantitative estimate of drug-likeness (QED) is 0.636. The SMILES string of the molecule is CCC12OCC(=O)C1C2C(=O)O. The normalized spacial score (nSPS) is 44.2. The van der Waals surface area contributed by atoms with Crippen LogP contribution < -0.4 is 0 Å². The lowest BCUT2D eigenvalue weighted by atomic mass is 10.2. The number of carbonyl (C=O) groups excluding carboxylic acids is 1. The maximum atomic E-state index is 11.1. The fraction of sp³-hybridized carbons (Fsp3) is 0.750. The van der Waals surface area contributed by atoms with Gasteiger partial charge >= 0.3 is 5.97 Å². The van der Waals surface area contributed by atoms with Crippen LogP contribution in [0.1, 0.15) is 13.3 Å². The van der Waals surface area contributed by atoms with E-state index < -0.39 is 17.5 Å². The zero-order valence-electron chi connectivity index (χ0n) is 6.74. The van der Waals surface area contributed by atoms with E-state index in [0.29, 0.717) is 6.42 Å². The van der Waals surface area contributed by atoms with Crippen LogP contribution in [0.25, 0.3) is 0 Å². The second-order valence-corrected chi connectivity index (χ2v) is 3.36. The number of fused-ring (bicyclic) bond motifs is 1. The van der Waals surface area contributed by atoms with Crippen molar-refractivity contribution in [2.24, 2.45) is 11.8 Å². The molecular weight excluding hydrogens is 160 g/mol. The van der Waals surface area contributed by atoms with Crippen molar-refractivity contribution in [3.63, 3.8) is 0 Å². The molecule has 0 amide bonds. The lowest BCUT2D eigenvalue weighted by Gasteiger charge is -2.09. The maximum Gasteiger partial charge on any atom is 0.310 e. The molecule has 1 aliphatic carbocycles.